The maximum absolute atomic E-state index is 12.5. The zero-order valence-corrected chi connectivity index (χ0v) is 19.6. The molecule has 0 fully saturated rings. The average molecular weight is 476 g/mol. The van der Waals surface area contributed by atoms with Gasteiger partial charge in [-0.05, 0) is 59.0 Å². The summed E-state index contributed by atoms with van der Waals surface area (Å²) in [7, 11) is 0. The molecule has 0 heterocycles. The lowest BCUT2D eigenvalue weighted by Gasteiger charge is -2.19. The number of anilines is 1. The highest BCUT2D eigenvalue weighted by molar-refractivity contribution is 6.31. The number of carbonyl (C=O) groups excluding carboxylic acids is 1. The van der Waals surface area contributed by atoms with Crippen molar-refractivity contribution in [2.45, 2.75) is 26.2 Å². The maximum Gasteiger partial charge on any atom is 0.312 e. The molecule has 0 saturated heterocycles. The molecule has 0 aliphatic heterocycles. The molecule has 0 saturated carbocycles. The van der Waals surface area contributed by atoms with Crippen molar-refractivity contribution in [1.29, 1.82) is 5.26 Å². The molecule has 7 nitrogen and oxygen atoms in total. The number of amides is 1. The van der Waals surface area contributed by atoms with Crippen LogP contribution >= 0.6 is 11.6 Å². The molecule has 0 spiro atoms. The second kappa shape index (κ2) is 10.2. The molecule has 0 atom stereocenters. The second-order valence-corrected chi connectivity index (χ2v) is 8.93. The van der Waals surface area contributed by atoms with Crippen LogP contribution in [0.15, 0.2) is 72.3 Å². The Kier molecular flexibility index (Phi) is 7.34. The van der Waals surface area contributed by atoms with Crippen molar-refractivity contribution < 1.29 is 14.5 Å². The van der Waals surface area contributed by atoms with Gasteiger partial charge >= 0.3 is 5.69 Å². The summed E-state index contributed by atoms with van der Waals surface area (Å²) in [6.07, 6.45) is 1.27. The Bertz CT molecular complexity index is 1300. The summed E-state index contributed by atoms with van der Waals surface area (Å²) in [5.41, 5.74) is 1.29. The first-order valence-corrected chi connectivity index (χ1v) is 10.7. The van der Waals surface area contributed by atoms with Crippen molar-refractivity contribution in [3.05, 3.63) is 98.6 Å². The highest BCUT2D eigenvalue weighted by Crippen LogP contribution is 2.34. The first kappa shape index (κ1) is 24.5. The molecule has 34 heavy (non-hydrogen) atoms. The van der Waals surface area contributed by atoms with Crippen molar-refractivity contribution in [3.63, 3.8) is 0 Å². The van der Waals surface area contributed by atoms with Crippen LogP contribution in [0.25, 0.3) is 6.08 Å². The largest absolute Gasteiger partial charge is 0.450 e. The standard InChI is InChI=1S/C26H22ClN3O4/c1-26(2,3)19-8-10-22(11-9-19)34-24-12-7-17(14-23(24)30(32)33)13-18(16-28)25(31)29-21-6-4-5-20(27)15-21/h4-15H,1-3H3,(H,29,31)/b18-13+. The van der Waals surface area contributed by atoms with Crippen LogP contribution in [-0.2, 0) is 10.2 Å². The third kappa shape index (κ3) is 6.21. The molecular formula is C26H22ClN3O4. The van der Waals surface area contributed by atoms with E-state index in [1.54, 1.807) is 36.4 Å². The van der Waals surface area contributed by atoms with E-state index >= 15 is 0 Å². The topological polar surface area (TPSA) is 105 Å². The fraction of sp³-hybridized carbons (Fsp3) is 0.154. The summed E-state index contributed by atoms with van der Waals surface area (Å²) in [5, 5.41) is 24.1. The van der Waals surface area contributed by atoms with Gasteiger partial charge in [-0.3, -0.25) is 14.9 Å². The summed E-state index contributed by atoms with van der Waals surface area (Å²) in [6, 6.07) is 19.9. The molecule has 0 bridgehead atoms. The minimum atomic E-state index is -0.660. The first-order valence-electron chi connectivity index (χ1n) is 10.3. The lowest BCUT2D eigenvalue weighted by atomic mass is 9.87. The summed E-state index contributed by atoms with van der Waals surface area (Å²) in [6.45, 7) is 6.26. The lowest BCUT2D eigenvalue weighted by molar-refractivity contribution is -0.385. The summed E-state index contributed by atoms with van der Waals surface area (Å²) < 4.78 is 5.74. The number of nitrogens with one attached hydrogen (secondary N) is 1. The summed E-state index contributed by atoms with van der Waals surface area (Å²) in [4.78, 5) is 23.6. The SMILES string of the molecule is CC(C)(C)c1ccc(Oc2ccc(/C=C(\C#N)C(=O)Nc3cccc(Cl)c3)cc2[N+](=O)[O-])cc1. The Balaban J connectivity index is 1.85. The van der Waals surface area contributed by atoms with E-state index in [1.165, 1.54) is 24.3 Å². The number of hydrogen-bond donors (Lipinski definition) is 1. The maximum atomic E-state index is 12.5. The van der Waals surface area contributed by atoms with Gasteiger partial charge in [-0.25, -0.2) is 0 Å². The predicted octanol–water partition coefficient (Wildman–Crippen LogP) is 6.88. The number of halogens is 1. The van der Waals surface area contributed by atoms with Gasteiger partial charge < -0.3 is 10.1 Å². The van der Waals surface area contributed by atoms with E-state index in [1.807, 2.05) is 18.2 Å². The van der Waals surface area contributed by atoms with Gasteiger partial charge in [-0.15, -0.1) is 0 Å². The Morgan fingerprint density at radius 2 is 1.82 bits per heavy atom. The van der Waals surface area contributed by atoms with Gasteiger partial charge in [0.05, 0.1) is 4.92 Å². The predicted molar refractivity (Wildman–Crippen MR) is 132 cm³/mol. The lowest BCUT2D eigenvalue weighted by Crippen LogP contribution is -2.13. The molecule has 3 rings (SSSR count). The zero-order valence-electron chi connectivity index (χ0n) is 18.8. The van der Waals surface area contributed by atoms with Gasteiger partial charge in [0, 0.05) is 16.8 Å². The van der Waals surface area contributed by atoms with Crippen LogP contribution in [0.2, 0.25) is 5.02 Å². The van der Waals surface area contributed by atoms with Crippen LogP contribution in [0.5, 0.6) is 11.5 Å². The number of nitrogens with zero attached hydrogens (tertiary/aromatic N) is 2. The molecule has 0 aliphatic carbocycles. The number of hydrogen-bond acceptors (Lipinski definition) is 5. The van der Waals surface area contributed by atoms with E-state index in [0.29, 0.717) is 22.0 Å². The number of benzene rings is 3. The van der Waals surface area contributed by atoms with Gasteiger partial charge in [0.25, 0.3) is 5.91 Å². The van der Waals surface area contributed by atoms with Crippen molar-refractivity contribution >= 4 is 35.0 Å². The number of nitriles is 1. The Labute approximate surface area is 202 Å². The van der Waals surface area contributed by atoms with Crippen molar-refractivity contribution in [2.24, 2.45) is 0 Å². The fourth-order valence-corrected chi connectivity index (χ4v) is 3.27. The number of nitro benzene ring substituents is 1. The Hall–Kier alpha value is -4.15. The zero-order chi connectivity index (χ0) is 24.9. The molecule has 3 aromatic rings. The van der Waals surface area contributed by atoms with Crippen LogP contribution in [0.4, 0.5) is 11.4 Å². The minimum absolute atomic E-state index is 0.0317. The summed E-state index contributed by atoms with van der Waals surface area (Å²) >= 11 is 5.91. The van der Waals surface area contributed by atoms with Crippen molar-refractivity contribution in [3.8, 4) is 17.6 Å². The smallest absolute Gasteiger partial charge is 0.312 e. The molecule has 0 unspecified atom stereocenters. The Morgan fingerprint density at radius 1 is 1.12 bits per heavy atom. The van der Waals surface area contributed by atoms with Crippen LogP contribution in [0.3, 0.4) is 0 Å². The number of ether oxygens (including phenoxy) is 1. The van der Waals surface area contributed by atoms with Crippen LogP contribution in [0, 0.1) is 21.4 Å². The molecule has 3 aromatic carbocycles. The second-order valence-electron chi connectivity index (χ2n) is 8.49. The number of rotatable bonds is 6. The molecule has 0 radical (unpaired) electrons. The van der Waals surface area contributed by atoms with E-state index in [2.05, 4.69) is 26.1 Å². The normalized spacial score (nSPS) is 11.4. The molecule has 0 aliphatic rings. The first-order chi connectivity index (χ1) is 16.1. The quantitative estimate of drug-likeness (QED) is 0.181. The van der Waals surface area contributed by atoms with E-state index < -0.39 is 10.8 Å². The van der Waals surface area contributed by atoms with Crippen molar-refractivity contribution in [1.82, 2.24) is 0 Å². The van der Waals surface area contributed by atoms with Crippen LogP contribution in [-0.4, -0.2) is 10.8 Å². The molecule has 0 aromatic heterocycles. The van der Waals surface area contributed by atoms with E-state index in [4.69, 9.17) is 16.3 Å². The highest BCUT2D eigenvalue weighted by Gasteiger charge is 2.19. The monoisotopic (exact) mass is 475 g/mol. The minimum Gasteiger partial charge on any atom is -0.450 e. The van der Waals surface area contributed by atoms with Gasteiger partial charge in [-0.2, -0.15) is 5.26 Å². The number of carbonyl (C=O) groups is 1. The van der Waals surface area contributed by atoms with Gasteiger partial charge in [0.15, 0.2) is 0 Å². The third-order valence-corrected chi connectivity index (χ3v) is 5.12. The molecule has 8 heteroatoms. The van der Waals surface area contributed by atoms with Gasteiger partial charge in [0.2, 0.25) is 5.75 Å². The fourth-order valence-electron chi connectivity index (χ4n) is 3.08. The third-order valence-electron chi connectivity index (χ3n) is 4.89. The summed E-state index contributed by atoms with van der Waals surface area (Å²) in [5.74, 6) is -0.155. The molecular weight excluding hydrogens is 454 g/mol. The molecule has 172 valence electrons. The van der Waals surface area contributed by atoms with Crippen molar-refractivity contribution in [2.75, 3.05) is 5.32 Å². The van der Waals surface area contributed by atoms with E-state index in [9.17, 15) is 20.2 Å². The number of nitro groups is 1. The molecule has 1 N–H and O–H groups in total. The van der Waals surface area contributed by atoms with Crippen LogP contribution in [0.1, 0.15) is 31.9 Å². The van der Waals surface area contributed by atoms with E-state index in [-0.39, 0.29) is 22.4 Å². The molecule has 1 amide bonds. The van der Waals surface area contributed by atoms with Gasteiger partial charge in [0.1, 0.15) is 17.4 Å². The average Bonchev–Trinajstić information content (AvgIpc) is 2.77. The van der Waals surface area contributed by atoms with E-state index in [0.717, 1.165) is 5.56 Å². The van der Waals surface area contributed by atoms with Crippen LogP contribution < -0.4 is 10.1 Å². The highest BCUT2D eigenvalue weighted by atomic mass is 35.5. The van der Waals surface area contributed by atoms with Gasteiger partial charge in [-0.1, -0.05) is 56.6 Å². The Morgan fingerprint density at radius 3 is 2.41 bits per heavy atom.